The van der Waals surface area contributed by atoms with Crippen LogP contribution in [-0.2, 0) is 4.74 Å². The minimum atomic E-state index is -0.197. The third-order valence-corrected chi connectivity index (χ3v) is 3.53. The summed E-state index contributed by atoms with van der Waals surface area (Å²) in [4.78, 5) is 13.7. The third-order valence-electron chi connectivity index (χ3n) is 3.53. The number of hydrogen-bond acceptors (Lipinski definition) is 4. The zero-order chi connectivity index (χ0) is 14.1. The van der Waals surface area contributed by atoms with Gasteiger partial charge in [0.25, 0.3) is 0 Å². The molecule has 1 aliphatic rings. The Bertz CT molecular complexity index is 261. The maximum atomic E-state index is 11.9. The van der Waals surface area contributed by atoms with Gasteiger partial charge in [0.1, 0.15) is 0 Å². The Kier molecular flexibility index (Phi) is 7.82. The van der Waals surface area contributed by atoms with Crippen LogP contribution >= 0.6 is 0 Å². The first kappa shape index (κ1) is 16.2. The maximum Gasteiger partial charge on any atom is 0.409 e. The van der Waals surface area contributed by atoms with Gasteiger partial charge in [-0.2, -0.15) is 0 Å². The van der Waals surface area contributed by atoms with Crippen LogP contribution in [0, 0.1) is 5.92 Å². The molecule has 0 aromatic heterocycles. The first-order valence-corrected chi connectivity index (χ1v) is 7.47. The molecule has 0 aliphatic carbocycles. The molecule has 0 aromatic rings. The van der Waals surface area contributed by atoms with Crippen LogP contribution in [0.1, 0.15) is 39.5 Å². The van der Waals surface area contributed by atoms with Crippen molar-refractivity contribution in [2.45, 2.75) is 45.6 Å². The topological polar surface area (TPSA) is 61.8 Å². The first-order chi connectivity index (χ1) is 9.21. The zero-order valence-electron chi connectivity index (χ0n) is 12.2. The van der Waals surface area contributed by atoms with Gasteiger partial charge in [0.05, 0.1) is 6.61 Å². The molecule has 2 atom stereocenters. The summed E-state index contributed by atoms with van der Waals surface area (Å²) in [6.07, 6.45) is 3.96. The smallest absolute Gasteiger partial charge is 0.409 e. The fraction of sp³-hybridized carbons (Fsp3) is 0.929. The molecule has 0 saturated carbocycles. The highest BCUT2D eigenvalue weighted by molar-refractivity contribution is 5.67. The van der Waals surface area contributed by atoms with Crippen molar-refractivity contribution in [2.24, 2.45) is 5.92 Å². The number of nitrogens with zero attached hydrogens (tertiary/aromatic N) is 1. The van der Waals surface area contributed by atoms with E-state index >= 15 is 0 Å². The number of nitrogens with one attached hydrogen (secondary N) is 1. The van der Waals surface area contributed by atoms with E-state index in [0.717, 1.165) is 38.8 Å². The molecule has 1 saturated heterocycles. The molecule has 112 valence electrons. The van der Waals surface area contributed by atoms with Crippen molar-refractivity contribution >= 4 is 6.09 Å². The van der Waals surface area contributed by atoms with Crippen molar-refractivity contribution in [1.82, 2.24) is 10.2 Å². The SMILES string of the molecule is CCCC1CC(NCCCO)CN(C(=O)OCC)C1. The van der Waals surface area contributed by atoms with Crippen LogP contribution in [0.5, 0.6) is 0 Å². The monoisotopic (exact) mass is 272 g/mol. The molecular formula is C14H28N2O3. The molecule has 5 heteroatoms. The fourth-order valence-corrected chi connectivity index (χ4v) is 2.72. The van der Waals surface area contributed by atoms with E-state index in [9.17, 15) is 4.79 Å². The van der Waals surface area contributed by atoms with E-state index in [4.69, 9.17) is 9.84 Å². The van der Waals surface area contributed by atoms with Crippen molar-refractivity contribution in [3.05, 3.63) is 0 Å². The highest BCUT2D eigenvalue weighted by atomic mass is 16.6. The lowest BCUT2D eigenvalue weighted by Crippen LogP contribution is -2.51. The van der Waals surface area contributed by atoms with E-state index in [1.807, 2.05) is 11.8 Å². The van der Waals surface area contributed by atoms with E-state index < -0.39 is 0 Å². The summed E-state index contributed by atoms with van der Waals surface area (Å²) >= 11 is 0. The number of hydrogen-bond donors (Lipinski definition) is 2. The van der Waals surface area contributed by atoms with Crippen LogP contribution < -0.4 is 5.32 Å². The second-order valence-electron chi connectivity index (χ2n) is 5.22. The van der Waals surface area contributed by atoms with Gasteiger partial charge in [-0.15, -0.1) is 0 Å². The number of carbonyl (C=O) groups is 1. The molecule has 1 amide bonds. The molecule has 19 heavy (non-hydrogen) atoms. The Morgan fingerprint density at radius 1 is 1.42 bits per heavy atom. The van der Waals surface area contributed by atoms with Gasteiger partial charge in [0, 0.05) is 25.7 Å². The van der Waals surface area contributed by atoms with E-state index in [1.165, 1.54) is 0 Å². The van der Waals surface area contributed by atoms with Crippen molar-refractivity contribution in [1.29, 1.82) is 0 Å². The predicted molar refractivity (Wildman–Crippen MR) is 75.1 cm³/mol. The Morgan fingerprint density at radius 3 is 2.84 bits per heavy atom. The Labute approximate surface area is 116 Å². The quantitative estimate of drug-likeness (QED) is 0.691. The lowest BCUT2D eigenvalue weighted by atomic mass is 9.90. The molecule has 1 heterocycles. The third kappa shape index (κ3) is 5.78. The van der Waals surface area contributed by atoms with E-state index in [1.54, 1.807) is 0 Å². The number of ether oxygens (including phenoxy) is 1. The van der Waals surface area contributed by atoms with Gasteiger partial charge in [-0.1, -0.05) is 13.3 Å². The molecule has 1 aliphatic heterocycles. The molecule has 2 N–H and O–H groups in total. The highest BCUT2D eigenvalue weighted by Gasteiger charge is 2.29. The summed E-state index contributed by atoms with van der Waals surface area (Å²) in [5.41, 5.74) is 0. The van der Waals surface area contributed by atoms with Crippen LogP contribution in [-0.4, -0.2) is 55.0 Å². The molecule has 1 rings (SSSR count). The van der Waals surface area contributed by atoms with Crippen LogP contribution in [0.25, 0.3) is 0 Å². The highest BCUT2D eigenvalue weighted by Crippen LogP contribution is 2.22. The average Bonchev–Trinajstić information content (AvgIpc) is 2.39. The minimum absolute atomic E-state index is 0.197. The Balaban J connectivity index is 2.49. The summed E-state index contributed by atoms with van der Waals surface area (Å²) in [5.74, 6) is 0.551. The molecule has 0 spiro atoms. The number of piperidine rings is 1. The Morgan fingerprint density at radius 2 is 2.21 bits per heavy atom. The van der Waals surface area contributed by atoms with Crippen molar-refractivity contribution in [3.63, 3.8) is 0 Å². The van der Waals surface area contributed by atoms with Gasteiger partial charge in [-0.3, -0.25) is 0 Å². The molecular weight excluding hydrogens is 244 g/mol. The van der Waals surface area contributed by atoms with E-state index in [0.29, 0.717) is 25.1 Å². The molecule has 0 bridgehead atoms. The van der Waals surface area contributed by atoms with Crippen molar-refractivity contribution < 1.29 is 14.6 Å². The number of aliphatic hydroxyl groups excluding tert-OH is 1. The van der Waals surface area contributed by atoms with Crippen LogP contribution in [0.2, 0.25) is 0 Å². The van der Waals surface area contributed by atoms with Gasteiger partial charge in [0.15, 0.2) is 0 Å². The molecule has 0 radical (unpaired) electrons. The van der Waals surface area contributed by atoms with E-state index in [2.05, 4.69) is 12.2 Å². The van der Waals surface area contributed by atoms with Crippen LogP contribution in [0.15, 0.2) is 0 Å². The lowest BCUT2D eigenvalue weighted by molar-refractivity contribution is 0.0770. The summed E-state index contributed by atoms with van der Waals surface area (Å²) < 4.78 is 5.10. The van der Waals surface area contributed by atoms with Gasteiger partial charge in [0.2, 0.25) is 0 Å². The number of likely N-dealkylation sites (tertiary alicyclic amines) is 1. The fourth-order valence-electron chi connectivity index (χ4n) is 2.72. The first-order valence-electron chi connectivity index (χ1n) is 7.47. The number of rotatable bonds is 7. The average molecular weight is 272 g/mol. The van der Waals surface area contributed by atoms with Gasteiger partial charge in [-0.25, -0.2) is 4.79 Å². The van der Waals surface area contributed by atoms with E-state index in [-0.39, 0.29) is 12.7 Å². The minimum Gasteiger partial charge on any atom is -0.450 e. The van der Waals surface area contributed by atoms with Gasteiger partial charge in [-0.05, 0) is 38.6 Å². The summed E-state index contributed by atoms with van der Waals surface area (Å²) in [5, 5.41) is 12.2. The summed E-state index contributed by atoms with van der Waals surface area (Å²) in [6.45, 7) is 6.97. The molecule has 5 nitrogen and oxygen atoms in total. The second kappa shape index (κ2) is 9.15. The van der Waals surface area contributed by atoms with Gasteiger partial charge < -0.3 is 20.1 Å². The number of aliphatic hydroxyl groups is 1. The van der Waals surface area contributed by atoms with Gasteiger partial charge >= 0.3 is 6.09 Å². The maximum absolute atomic E-state index is 11.9. The molecule has 0 aromatic carbocycles. The standard InChI is InChI=1S/C14H28N2O3/c1-3-6-12-9-13(15-7-5-8-17)11-16(10-12)14(18)19-4-2/h12-13,15,17H,3-11H2,1-2H3. The lowest BCUT2D eigenvalue weighted by Gasteiger charge is -2.37. The van der Waals surface area contributed by atoms with Crippen molar-refractivity contribution in [2.75, 3.05) is 32.8 Å². The molecule has 1 fully saturated rings. The second-order valence-corrected chi connectivity index (χ2v) is 5.22. The normalized spacial score (nSPS) is 23.4. The van der Waals surface area contributed by atoms with Crippen LogP contribution in [0.3, 0.4) is 0 Å². The molecule has 2 unspecified atom stereocenters. The Hall–Kier alpha value is -0.810. The summed E-state index contributed by atoms with van der Waals surface area (Å²) in [6, 6.07) is 0.321. The zero-order valence-corrected chi connectivity index (χ0v) is 12.2. The summed E-state index contributed by atoms with van der Waals surface area (Å²) in [7, 11) is 0. The number of amides is 1. The number of carbonyl (C=O) groups excluding carboxylic acids is 1. The largest absolute Gasteiger partial charge is 0.450 e. The van der Waals surface area contributed by atoms with Crippen LogP contribution in [0.4, 0.5) is 4.79 Å². The predicted octanol–water partition coefficient (Wildman–Crippen LogP) is 1.61. The van der Waals surface area contributed by atoms with Crippen molar-refractivity contribution in [3.8, 4) is 0 Å².